The summed E-state index contributed by atoms with van der Waals surface area (Å²) in [6.45, 7) is 2.51. The maximum absolute atomic E-state index is 12.3. The summed E-state index contributed by atoms with van der Waals surface area (Å²) in [4.78, 5) is 26.8. The molecule has 3 aromatic rings. The standard InChI is InChI=1S/C22H23N3O3S/c26-21(23-13-18-7-4-12-29-18)22(27)24-14-19(20-8-3-11-28-20)25-10-9-16-5-1-2-6-17(16)15-25/h1-8,11-12,19H,9-10,13-15H2,(H,23,26)(H,24,27)/p+1/t19-/m1/s1. The second-order valence-corrected chi connectivity index (χ2v) is 8.18. The van der Waals surface area contributed by atoms with Gasteiger partial charge in [-0.15, -0.1) is 11.3 Å². The molecule has 3 heterocycles. The molecule has 150 valence electrons. The molecular formula is C22H24N3O3S+. The Balaban J connectivity index is 1.38. The highest BCUT2D eigenvalue weighted by atomic mass is 32.1. The van der Waals surface area contributed by atoms with Crippen LogP contribution in [0.5, 0.6) is 0 Å². The number of thiophene rings is 1. The summed E-state index contributed by atoms with van der Waals surface area (Å²) in [6.07, 6.45) is 2.63. The summed E-state index contributed by atoms with van der Waals surface area (Å²) < 4.78 is 5.65. The highest BCUT2D eigenvalue weighted by Crippen LogP contribution is 2.15. The van der Waals surface area contributed by atoms with Gasteiger partial charge in [0.1, 0.15) is 6.54 Å². The molecule has 0 radical (unpaired) electrons. The molecule has 0 saturated heterocycles. The van der Waals surface area contributed by atoms with Crippen LogP contribution in [0.3, 0.4) is 0 Å². The highest BCUT2D eigenvalue weighted by molar-refractivity contribution is 7.09. The van der Waals surface area contributed by atoms with Gasteiger partial charge < -0.3 is 20.0 Å². The van der Waals surface area contributed by atoms with Gasteiger partial charge in [0.05, 0.1) is 25.9 Å². The Morgan fingerprint density at radius 3 is 2.62 bits per heavy atom. The van der Waals surface area contributed by atoms with E-state index >= 15 is 0 Å². The zero-order valence-corrected chi connectivity index (χ0v) is 16.8. The summed E-state index contributed by atoms with van der Waals surface area (Å²) >= 11 is 1.54. The van der Waals surface area contributed by atoms with Crippen LogP contribution in [-0.4, -0.2) is 24.9 Å². The van der Waals surface area contributed by atoms with Crippen molar-refractivity contribution in [2.24, 2.45) is 0 Å². The number of fused-ring (bicyclic) bond motifs is 1. The van der Waals surface area contributed by atoms with Crippen molar-refractivity contribution in [1.82, 2.24) is 10.6 Å². The Hall–Kier alpha value is -2.90. The average Bonchev–Trinajstić information content (AvgIpc) is 3.46. The van der Waals surface area contributed by atoms with Crippen molar-refractivity contribution in [3.63, 3.8) is 0 Å². The normalized spacial score (nSPS) is 16.6. The molecule has 29 heavy (non-hydrogen) atoms. The summed E-state index contributed by atoms with van der Waals surface area (Å²) in [5, 5.41) is 7.40. The van der Waals surface area contributed by atoms with Gasteiger partial charge in [-0.2, -0.15) is 0 Å². The van der Waals surface area contributed by atoms with E-state index in [1.54, 1.807) is 17.6 Å². The second kappa shape index (κ2) is 9.07. The van der Waals surface area contributed by atoms with Crippen molar-refractivity contribution in [2.75, 3.05) is 13.1 Å². The first-order valence-electron chi connectivity index (χ1n) is 9.74. The van der Waals surface area contributed by atoms with E-state index in [0.717, 1.165) is 30.1 Å². The van der Waals surface area contributed by atoms with Crippen molar-refractivity contribution < 1.29 is 18.9 Å². The Morgan fingerprint density at radius 1 is 1.03 bits per heavy atom. The molecule has 6 nitrogen and oxygen atoms in total. The number of carbonyl (C=O) groups is 2. The number of carbonyl (C=O) groups excluding carboxylic acids is 2. The van der Waals surface area contributed by atoms with E-state index in [-0.39, 0.29) is 6.04 Å². The zero-order chi connectivity index (χ0) is 20.1. The molecule has 2 amide bonds. The fourth-order valence-corrected chi connectivity index (χ4v) is 4.42. The van der Waals surface area contributed by atoms with E-state index in [0.29, 0.717) is 13.1 Å². The first-order valence-corrected chi connectivity index (χ1v) is 10.6. The third kappa shape index (κ3) is 4.75. The zero-order valence-electron chi connectivity index (χ0n) is 16.0. The molecule has 0 bridgehead atoms. The smallest absolute Gasteiger partial charge is 0.309 e. The van der Waals surface area contributed by atoms with Gasteiger partial charge in [-0.05, 0) is 29.1 Å². The van der Waals surface area contributed by atoms with E-state index in [9.17, 15) is 9.59 Å². The second-order valence-electron chi connectivity index (χ2n) is 7.14. The van der Waals surface area contributed by atoms with Crippen molar-refractivity contribution in [3.8, 4) is 0 Å². The quantitative estimate of drug-likeness (QED) is 0.539. The Labute approximate surface area is 173 Å². The minimum atomic E-state index is -0.616. The molecule has 4 rings (SSSR count). The van der Waals surface area contributed by atoms with Gasteiger partial charge in [0.15, 0.2) is 11.8 Å². The molecule has 0 spiro atoms. The average molecular weight is 411 g/mol. The fourth-order valence-electron chi connectivity index (χ4n) is 3.77. The maximum atomic E-state index is 12.3. The fraction of sp³-hybridized carbons (Fsp3) is 0.273. The SMILES string of the molecule is O=C(NCc1cccs1)C(=O)NC[C@H](c1ccco1)[NH+]1CCc2ccccc2C1. The molecule has 1 aliphatic rings. The van der Waals surface area contributed by atoms with E-state index < -0.39 is 11.8 Å². The molecule has 1 aliphatic heterocycles. The third-order valence-corrected chi connectivity index (χ3v) is 6.18. The first-order chi connectivity index (χ1) is 14.2. The number of hydrogen-bond acceptors (Lipinski definition) is 4. The number of benzene rings is 1. The molecule has 2 atom stereocenters. The van der Waals surface area contributed by atoms with Crippen LogP contribution in [0, 0.1) is 0 Å². The molecule has 3 N–H and O–H groups in total. The number of hydrogen-bond donors (Lipinski definition) is 3. The lowest BCUT2D eigenvalue weighted by molar-refractivity contribution is -0.946. The van der Waals surface area contributed by atoms with Gasteiger partial charge in [-0.3, -0.25) is 9.59 Å². The number of furan rings is 1. The van der Waals surface area contributed by atoms with Crippen LogP contribution in [0.4, 0.5) is 0 Å². The van der Waals surface area contributed by atoms with Crippen molar-refractivity contribution in [3.05, 3.63) is 81.9 Å². The number of amides is 2. The lowest BCUT2D eigenvalue weighted by Gasteiger charge is -2.31. The monoisotopic (exact) mass is 410 g/mol. The predicted molar refractivity (Wildman–Crippen MR) is 110 cm³/mol. The van der Waals surface area contributed by atoms with Gasteiger partial charge in [0, 0.05) is 16.9 Å². The Morgan fingerprint density at radius 2 is 1.86 bits per heavy atom. The van der Waals surface area contributed by atoms with E-state index in [1.807, 2.05) is 29.6 Å². The van der Waals surface area contributed by atoms with Crippen LogP contribution < -0.4 is 15.5 Å². The van der Waals surface area contributed by atoms with Gasteiger partial charge in [-0.1, -0.05) is 30.3 Å². The van der Waals surface area contributed by atoms with Gasteiger partial charge in [-0.25, -0.2) is 0 Å². The molecule has 0 fully saturated rings. The minimum Gasteiger partial charge on any atom is -0.463 e. The topological polar surface area (TPSA) is 75.8 Å². The van der Waals surface area contributed by atoms with Gasteiger partial charge in [0.2, 0.25) is 0 Å². The molecule has 1 unspecified atom stereocenters. The summed E-state index contributed by atoms with van der Waals surface area (Å²) in [7, 11) is 0. The lowest BCUT2D eigenvalue weighted by atomic mass is 9.98. The largest absolute Gasteiger partial charge is 0.463 e. The van der Waals surface area contributed by atoms with Crippen LogP contribution in [0.15, 0.2) is 64.6 Å². The van der Waals surface area contributed by atoms with Crippen LogP contribution >= 0.6 is 11.3 Å². The van der Waals surface area contributed by atoms with Crippen molar-refractivity contribution in [1.29, 1.82) is 0 Å². The molecule has 1 aromatic carbocycles. The van der Waals surface area contributed by atoms with Crippen molar-refractivity contribution >= 4 is 23.2 Å². The van der Waals surface area contributed by atoms with E-state index in [2.05, 4.69) is 34.9 Å². The van der Waals surface area contributed by atoms with Crippen LogP contribution in [0.1, 0.15) is 27.8 Å². The highest BCUT2D eigenvalue weighted by Gasteiger charge is 2.31. The summed E-state index contributed by atoms with van der Waals surface area (Å²) in [5.74, 6) is -0.413. The molecule has 2 aromatic heterocycles. The number of nitrogens with one attached hydrogen (secondary N) is 3. The number of quaternary nitrogens is 1. The summed E-state index contributed by atoms with van der Waals surface area (Å²) in [5.41, 5.74) is 2.71. The molecule has 0 saturated carbocycles. The molecule has 7 heteroatoms. The number of rotatable bonds is 6. The van der Waals surface area contributed by atoms with Crippen LogP contribution in [-0.2, 0) is 29.1 Å². The van der Waals surface area contributed by atoms with Crippen molar-refractivity contribution in [2.45, 2.75) is 25.6 Å². The first kappa shape index (κ1) is 19.4. The third-order valence-electron chi connectivity index (χ3n) is 5.31. The van der Waals surface area contributed by atoms with Gasteiger partial charge >= 0.3 is 11.8 Å². The Kier molecular flexibility index (Phi) is 6.07. The lowest BCUT2D eigenvalue weighted by Crippen LogP contribution is -3.12. The summed E-state index contributed by atoms with van der Waals surface area (Å²) in [6, 6.07) is 16.0. The Bertz CT molecular complexity index is 954. The molecular weight excluding hydrogens is 386 g/mol. The van der Waals surface area contributed by atoms with Gasteiger partial charge in [0.25, 0.3) is 0 Å². The van der Waals surface area contributed by atoms with Crippen LogP contribution in [0.2, 0.25) is 0 Å². The van der Waals surface area contributed by atoms with E-state index in [1.165, 1.54) is 16.0 Å². The van der Waals surface area contributed by atoms with Crippen LogP contribution in [0.25, 0.3) is 0 Å². The minimum absolute atomic E-state index is 0.0487. The predicted octanol–water partition coefficient (Wildman–Crippen LogP) is 1.46. The van der Waals surface area contributed by atoms with E-state index in [4.69, 9.17) is 4.42 Å². The molecule has 0 aliphatic carbocycles. The maximum Gasteiger partial charge on any atom is 0.309 e.